The zero-order valence-electron chi connectivity index (χ0n) is 23.1. The second-order valence-electron chi connectivity index (χ2n) is 8.71. The molecule has 1 unspecified atom stereocenters. The van der Waals surface area contributed by atoms with Crippen LogP contribution in [0.15, 0.2) is 0 Å². The van der Waals surface area contributed by atoms with Crippen molar-refractivity contribution in [2.75, 3.05) is 59.3 Å². The van der Waals surface area contributed by atoms with E-state index in [1.807, 2.05) is 0 Å². The molecule has 14 nitrogen and oxygen atoms in total. The van der Waals surface area contributed by atoms with Gasteiger partial charge in [-0.15, -0.1) is 0 Å². The van der Waals surface area contributed by atoms with E-state index < -0.39 is 29.5 Å². The second-order valence-corrected chi connectivity index (χ2v) is 8.71. The summed E-state index contributed by atoms with van der Waals surface area (Å²) in [4.78, 5) is 68.4. The van der Waals surface area contributed by atoms with Gasteiger partial charge >= 0.3 is 0 Å². The number of carbonyl (C=O) groups excluding carboxylic acids is 6. The number of ketones is 1. The minimum absolute atomic E-state index is 0.0294. The van der Waals surface area contributed by atoms with Crippen LogP contribution in [0.2, 0.25) is 0 Å². The molecule has 0 saturated carbocycles. The average molecular weight is 560 g/mol. The monoisotopic (exact) mass is 559 g/mol. The van der Waals surface area contributed by atoms with Crippen molar-refractivity contribution < 1.29 is 43.0 Å². The highest BCUT2D eigenvalue weighted by molar-refractivity contribution is 6.35. The van der Waals surface area contributed by atoms with Gasteiger partial charge in [0.25, 0.3) is 5.91 Å². The van der Waals surface area contributed by atoms with Crippen LogP contribution in [0.1, 0.15) is 58.8 Å². The normalized spacial score (nSPS) is 11.3. The summed E-state index contributed by atoms with van der Waals surface area (Å²) < 4.78 is 16.2. The number of rotatable bonds is 25. The summed E-state index contributed by atoms with van der Waals surface area (Å²) in [5.41, 5.74) is 5.33. The van der Waals surface area contributed by atoms with E-state index in [-0.39, 0.29) is 37.6 Å². The summed E-state index contributed by atoms with van der Waals surface area (Å²) in [6, 6.07) is -0.876. The first kappa shape index (κ1) is 35.9. The van der Waals surface area contributed by atoms with Gasteiger partial charge in [-0.1, -0.05) is 0 Å². The third-order valence-electron chi connectivity index (χ3n) is 5.15. The lowest BCUT2D eigenvalue weighted by molar-refractivity contribution is -0.136. The summed E-state index contributed by atoms with van der Waals surface area (Å²) in [7, 11) is 0. The van der Waals surface area contributed by atoms with Gasteiger partial charge < -0.3 is 41.2 Å². The SMILES string of the molecule is CC(=O)NCCCOCCOCCOCCCNC(=O)CCC(=O)NC(CCCCNC(=O)C(C)=O)C(N)=O. The van der Waals surface area contributed by atoms with Gasteiger partial charge in [-0.2, -0.15) is 0 Å². The number of hydrogen-bond acceptors (Lipinski definition) is 9. The highest BCUT2D eigenvalue weighted by atomic mass is 16.5. The minimum Gasteiger partial charge on any atom is -0.379 e. The molecule has 0 radical (unpaired) electrons. The molecule has 0 rings (SSSR count). The number of primary amides is 1. The standard InChI is InChI=1S/C25H45N5O9/c1-19(31)25(36)29-10-4-3-7-21(24(26)35)30-23(34)9-8-22(33)28-12-6-14-38-16-18-39-17-15-37-13-5-11-27-20(2)32/h21H,3-18H2,1-2H3,(H2,26,35)(H,27,32)(H,28,33)(H,29,36)(H,30,34). The Bertz CT molecular complexity index is 764. The molecule has 0 aromatic heterocycles. The smallest absolute Gasteiger partial charge is 0.287 e. The fourth-order valence-corrected chi connectivity index (χ4v) is 3.05. The zero-order valence-corrected chi connectivity index (χ0v) is 23.1. The van der Waals surface area contributed by atoms with E-state index in [9.17, 15) is 28.8 Å². The Balaban J connectivity index is 3.68. The molecular weight excluding hydrogens is 514 g/mol. The van der Waals surface area contributed by atoms with Crippen molar-refractivity contribution in [3.8, 4) is 0 Å². The molecule has 224 valence electrons. The average Bonchev–Trinajstić information content (AvgIpc) is 2.88. The van der Waals surface area contributed by atoms with Gasteiger partial charge in [-0.25, -0.2) is 0 Å². The molecule has 0 spiro atoms. The summed E-state index contributed by atoms with van der Waals surface area (Å²) in [6.07, 6.45) is 2.52. The molecular formula is C25H45N5O9. The first-order chi connectivity index (χ1) is 18.6. The van der Waals surface area contributed by atoms with Crippen molar-refractivity contribution in [1.29, 1.82) is 0 Å². The number of hydrogen-bond donors (Lipinski definition) is 5. The molecule has 5 amide bonds. The predicted molar refractivity (Wildman–Crippen MR) is 141 cm³/mol. The third-order valence-corrected chi connectivity index (χ3v) is 5.15. The number of unbranched alkanes of at least 4 members (excludes halogenated alkanes) is 1. The summed E-state index contributed by atoms with van der Waals surface area (Å²) in [6.45, 7) is 6.68. The van der Waals surface area contributed by atoms with Gasteiger partial charge in [0.15, 0.2) is 0 Å². The molecule has 0 aliphatic carbocycles. The molecule has 0 aromatic carbocycles. The van der Waals surface area contributed by atoms with Gasteiger partial charge in [0.2, 0.25) is 29.4 Å². The minimum atomic E-state index is -0.876. The summed E-state index contributed by atoms with van der Waals surface area (Å²) in [5, 5.41) is 10.4. The van der Waals surface area contributed by atoms with Crippen LogP contribution in [0.25, 0.3) is 0 Å². The van der Waals surface area contributed by atoms with Crippen molar-refractivity contribution in [3.63, 3.8) is 0 Å². The van der Waals surface area contributed by atoms with Crippen LogP contribution in [-0.2, 0) is 43.0 Å². The molecule has 0 aliphatic heterocycles. The van der Waals surface area contributed by atoms with Crippen molar-refractivity contribution >= 4 is 35.3 Å². The van der Waals surface area contributed by atoms with E-state index in [1.54, 1.807) is 0 Å². The Morgan fingerprint density at radius 3 is 1.69 bits per heavy atom. The maximum atomic E-state index is 12.1. The molecule has 0 aromatic rings. The van der Waals surface area contributed by atoms with E-state index >= 15 is 0 Å². The molecule has 1 atom stereocenters. The zero-order chi connectivity index (χ0) is 29.3. The first-order valence-electron chi connectivity index (χ1n) is 13.2. The lowest BCUT2D eigenvalue weighted by Gasteiger charge is -2.15. The lowest BCUT2D eigenvalue weighted by Crippen LogP contribution is -2.44. The van der Waals surface area contributed by atoms with E-state index in [1.165, 1.54) is 13.8 Å². The highest BCUT2D eigenvalue weighted by Crippen LogP contribution is 2.02. The first-order valence-corrected chi connectivity index (χ1v) is 13.2. The molecule has 0 bridgehead atoms. The van der Waals surface area contributed by atoms with Crippen molar-refractivity contribution in [1.82, 2.24) is 21.3 Å². The number of Topliss-reactive ketones (excluding diaryl/α,β-unsaturated/α-hetero) is 1. The Hall–Kier alpha value is -3.10. The number of nitrogens with one attached hydrogen (secondary N) is 4. The summed E-state index contributed by atoms with van der Waals surface area (Å²) in [5.74, 6) is -2.74. The molecule has 0 saturated heterocycles. The van der Waals surface area contributed by atoms with Gasteiger partial charge in [0, 0.05) is 59.5 Å². The quantitative estimate of drug-likeness (QED) is 0.0664. The summed E-state index contributed by atoms with van der Waals surface area (Å²) >= 11 is 0. The number of ether oxygens (including phenoxy) is 3. The maximum absolute atomic E-state index is 12.1. The van der Waals surface area contributed by atoms with Gasteiger partial charge in [-0.05, 0) is 32.1 Å². The number of carbonyl (C=O) groups is 6. The lowest BCUT2D eigenvalue weighted by atomic mass is 10.1. The molecule has 0 heterocycles. The fourth-order valence-electron chi connectivity index (χ4n) is 3.05. The second kappa shape index (κ2) is 24.0. The molecule has 6 N–H and O–H groups in total. The van der Waals surface area contributed by atoms with Crippen LogP contribution in [0.5, 0.6) is 0 Å². The maximum Gasteiger partial charge on any atom is 0.287 e. The molecule has 14 heteroatoms. The third kappa shape index (κ3) is 23.7. The number of amides is 5. The Morgan fingerprint density at radius 2 is 1.15 bits per heavy atom. The van der Waals surface area contributed by atoms with Crippen LogP contribution in [0.4, 0.5) is 0 Å². The molecule has 0 fully saturated rings. The largest absolute Gasteiger partial charge is 0.379 e. The number of nitrogens with two attached hydrogens (primary N) is 1. The topological polar surface area (TPSA) is 204 Å². The fraction of sp³-hybridized carbons (Fsp3) is 0.760. The Morgan fingerprint density at radius 1 is 0.641 bits per heavy atom. The van der Waals surface area contributed by atoms with Gasteiger partial charge in [0.1, 0.15) is 6.04 Å². The Kier molecular flexibility index (Phi) is 22.1. The van der Waals surface area contributed by atoms with Crippen LogP contribution >= 0.6 is 0 Å². The van der Waals surface area contributed by atoms with Crippen molar-refractivity contribution in [2.24, 2.45) is 5.73 Å². The van der Waals surface area contributed by atoms with Crippen LogP contribution in [0, 0.1) is 0 Å². The van der Waals surface area contributed by atoms with E-state index in [0.717, 1.165) is 6.42 Å². The molecule has 39 heavy (non-hydrogen) atoms. The van der Waals surface area contributed by atoms with E-state index in [0.29, 0.717) is 72.0 Å². The van der Waals surface area contributed by atoms with Gasteiger partial charge in [0.05, 0.1) is 26.4 Å². The Labute approximate surface area is 229 Å². The van der Waals surface area contributed by atoms with Gasteiger partial charge in [-0.3, -0.25) is 28.8 Å². The van der Waals surface area contributed by atoms with E-state index in [2.05, 4.69) is 21.3 Å². The van der Waals surface area contributed by atoms with Crippen molar-refractivity contribution in [3.05, 3.63) is 0 Å². The highest BCUT2D eigenvalue weighted by Gasteiger charge is 2.18. The molecule has 0 aliphatic rings. The predicted octanol–water partition coefficient (Wildman–Crippen LogP) is -1.31. The van der Waals surface area contributed by atoms with E-state index in [4.69, 9.17) is 19.9 Å². The van der Waals surface area contributed by atoms with Crippen LogP contribution in [-0.4, -0.2) is 101 Å². The van der Waals surface area contributed by atoms with Crippen molar-refractivity contribution in [2.45, 2.75) is 64.8 Å². The van der Waals surface area contributed by atoms with Crippen LogP contribution in [0.3, 0.4) is 0 Å². The van der Waals surface area contributed by atoms with Crippen LogP contribution < -0.4 is 27.0 Å².